The molecule has 38 heavy (non-hydrogen) atoms. The van der Waals surface area contributed by atoms with Crippen LogP contribution < -0.4 is 4.74 Å². The Morgan fingerprint density at radius 1 is 0.974 bits per heavy atom. The second-order valence-corrected chi connectivity index (χ2v) is 11.5. The molecule has 1 aliphatic rings. The Labute approximate surface area is 233 Å². The highest BCUT2D eigenvalue weighted by atomic mass is 35.5. The zero-order chi connectivity index (χ0) is 27.9. The number of hydrogen-bond donors (Lipinski definition) is 1. The zero-order valence-corrected chi connectivity index (χ0v) is 23.9. The van der Waals surface area contributed by atoms with Crippen LogP contribution in [0.5, 0.6) is 5.75 Å². The van der Waals surface area contributed by atoms with Crippen molar-refractivity contribution in [3.63, 3.8) is 0 Å². The summed E-state index contributed by atoms with van der Waals surface area (Å²) in [5.74, 6) is -1.53. The third-order valence-corrected chi connectivity index (χ3v) is 7.52. The molecule has 1 aliphatic heterocycles. The number of ether oxygens (including phenoxy) is 1. The first-order chi connectivity index (χ1) is 17.8. The van der Waals surface area contributed by atoms with Crippen LogP contribution in [-0.2, 0) is 21.5 Å². The molecule has 198 valence electrons. The van der Waals surface area contributed by atoms with Gasteiger partial charge in [-0.05, 0) is 53.6 Å². The maximum absolute atomic E-state index is 13.5. The molecule has 3 aromatic carbocycles. The van der Waals surface area contributed by atoms with Crippen molar-refractivity contribution in [2.24, 2.45) is 0 Å². The van der Waals surface area contributed by atoms with Crippen LogP contribution >= 0.6 is 23.2 Å². The highest BCUT2D eigenvalue weighted by Crippen LogP contribution is 2.43. The molecule has 7 heteroatoms. The molecule has 0 radical (unpaired) electrons. The van der Waals surface area contributed by atoms with E-state index >= 15 is 0 Å². The van der Waals surface area contributed by atoms with Crippen molar-refractivity contribution in [2.75, 3.05) is 7.11 Å². The topological polar surface area (TPSA) is 66.8 Å². The van der Waals surface area contributed by atoms with Gasteiger partial charge in [-0.1, -0.05) is 92.0 Å². The molecule has 4 rings (SSSR count). The number of amides is 1. The van der Waals surface area contributed by atoms with Crippen LogP contribution in [-0.4, -0.2) is 28.8 Å². The summed E-state index contributed by atoms with van der Waals surface area (Å²) in [4.78, 5) is 28.5. The number of halogens is 2. The maximum Gasteiger partial charge on any atom is 0.295 e. The Balaban J connectivity index is 1.91. The van der Waals surface area contributed by atoms with E-state index in [1.165, 1.54) is 24.1 Å². The van der Waals surface area contributed by atoms with Gasteiger partial charge in [0.1, 0.15) is 5.76 Å². The van der Waals surface area contributed by atoms with E-state index in [0.29, 0.717) is 0 Å². The molecular formula is C31H31Cl2NO4. The molecule has 0 saturated carbocycles. The number of carbonyl (C=O) groups is 2. The van der Waals surface area contributed by atoms with Crippen LogP contribution in [0.2, 0.25) is 10.0 Å². The van der Waals surface area contributed by atoms with Crippen molar-refractivity contribution < 1.29 is 19.4 Å². The van der Waals surface area contributed by atoms with Crippen LogP contribution in [0.3, 0.4) is 0 Å². The Kier molecular flexibility index (Phi) is 7.64. The molecule has 0 aromatic heterocycles. The van der Waals surface area contributed by atoms with E-state index in [4.69, 9.17) is 27.9 Å². The summed E-state index contributed by atoms with van der Waals surface area (Å²) in [5, 5.41) is 11.8. The predicted octanol–water partition coefficient (Wildman–Crippen LogP) is 7.54. The Hall–Kier alpha value is -3.28. The summed E-state index contributed by atoms with van der Waals surface area (Å²) >= 11 is 12.7. The number of nitrogens with zero attached hydrogens (tertiary/aromatic N) is 1. The second kappa shape index (κ2) is 10.5. The summed E-state index contributed by atoms with van der Waals surface area (Å²) in [6.45, 7) is 10.5. The van der Waals surface area contributed by atoms with E-state index in [1.807, 2.05) is 56.3 Å². The van der Waals surface area contributed by atoms with Gasteiger partial charge >= 0.3 is 0 Å². The number of benzene rings is 3. The first-order valence-corrected chi connectivity index (χ1v) is 13.1. The fourth-order valence-corrected chi connectivity index (χ4v) is 5.40. The van der Waals surface area contributed by atoms with Gasteiger partial charge in [0, 0.05) is 12.1 Å². The molecular weight excluding hydrogens is 521 g/mol. The van der Waals surface area contributed by atoms with Crippen molar-refractivity contribution in [3.05, 3.63) is 104 Å². The highest BCUT2D eigenvalue weighted by Gasteiger charge is 2.46. The summed E-state index contributed by atoms with van der Waals surface area (Å²) in [6, 6.07) is 16.0. The lowest BCUT2D eigenvalue weighted by Gasteiger charge is -2.27. The van der Waals surface area contributed by atoms with Crippen molar-refractivity contribution >= 4 is 40.7 Å². The van der Waals surface area contributed by atoms with Crippen LogP contribution in [0.4, 0.5) is 0 Å². The molecule has 3 aromatic rings. The van der Waals surface area contributed by atoms with Gasteiger partial charge in [-0.25, -0.2) is 0 Å². The maximum atomic E-state index is 13.5. The van der Waals surface area contributed by atoms with Gasteiger partial charge in [-0.2, -0.15) is 0 Å². The first-order valence-electron chi connectivity index (χ1n) is 12.3. The molecule has 0 aliphatic carbocycles. The lowest BCUT2D eigenvalue weighted by molar-refractivity contribution is -0.140. The van der Waals surface area contributed by atoms with E-state index in [1.54, 1.807) is 0 Å². The van der Waals surface area contributed by atoms with Crippen LogP contribution in [0.1, 0.15) is 60.2 Å². The van der Waals surface area contributed by atoms with E-state index in [-0.39, 0.29) is 44.7 Å². The number of aliphatic hydroxyl groups is 1. The van der Waals surface area contributed by atoms with Crippen LogP contribution in [0.25, 0.3) is 5.76 Å². The Morgan fingerprint density at radius 2 is 1.58 bits per heavy atom. The minimum Gasteiger partial charge on any atom is -0.507 e. The highest BCUT2D eigenvalue weighted by molar-refractivity contribution is 6.46. The lowest BCUT2D eigenvalue weighted by Crippen LogP contribution is -2.29. The van der Waals surface area contributed by atoms with Gasteiger partial charge in [-0.3, -0.25) is 9.59 Å². The number of Topliss-reactive ketones (excluding diaryl/α,β-unsaturated/α-hetero) is 1. The Bertz CT molecular complexity index is 1430. The molecule has 0 spiro atoms. The second-order valence-electron chi connectivity index (χ2n) is 10.7. The quantitative estimate of drug-likeness (QED) is 0.202. The van der Waals surface area contributed by atoms with Crippen LogP contribution in [0, 0.1) is 13.8 Å². The average molecular weight is 552 g/mol. The summed E-state index contributed by atoms with van der Waals surface area (Å²) < 4.78 is 5.22. The van der Waals surface area contributed by atoms with E-state index < -0.39 is 17.7 Å². The fraction of sp³-hybridized carbons (Fsp3) is 0.290. The number of methoxy groups -OCH3 is 1. The third kappa shape index (κ3) is 5.18. The minimum atomic E-state index is -0.802. The summed E-state index contributed by atoms with van der Waals surface area (Å²) in [7, 11) is 1.44. The van der Waals surface area contributed by atoms with Crippen LogP contribution in [0.15, 0.2) is 60.2 Å². The molecule has 0 bridgehead atoms. The Morgan fingerprint density at radius 3 is 2.13 bits per heavy atom. The molecule has 1 N–H and O–H groups in total. The first kappa shape index (κ1) is 27.7. The van der Waals surface area contributed by atoms with Crippen molar-refractivity contribution in [1.82, 2.24) is 4.90 Å². The largest absolute Gasteiger partial charge is 0.507 e. The fourth-order valence-electron chi connectivity index (χ4n) is 4.76. The number of hydrogen-bond acceptors (Lipinski definition) is 4. The number of rotatable bonds is 5. The number of aryl methyl sites for hydroxylation is 2. The van der Waals surface area contributed by atoms with Crippen molar-refractivity contribution in [2.45, 2.75) is 52.6 Å². The lowest BCUT2D eigenvalue weighted by atomic mass is 9.85. The monoisotopic (exact) mass is 551 g/mol. The SMILES string of the molecule is COc1c(Cl)cc(/C(O)=C2\C(=O)C(=O)N(Cc3cc(C)ccc3C)C2c2ccc(C(C)(C)C)cc2)cc1Cl. The molecule has 1 unspecified atom stereocenters. The van der Waals surface area contributed by atoms with E-state index in [2.05, 4.69) is 20.8 Å². The van der Waals surface area contributed by atoms with Crippen molar-refractivity contribution in [1.29, 1.82) is 0 Å². The molecule has 1 atom stereocenters. The zero-order valence-electron chi connectivity index (χ0n) is 22.4. The number of carbonyl (C=O) groups excluding carboxylic acids is 2. The molecule has 5 nitrogen and oxygen atoms in total. The number of likely N-dealkylation sites (tertiary alicyclic amines) is 1. The molecule has 1 heterocycles. The van der Waals surface area contributed by atoms with E-state index in [9.17, 15) is 14.7 Å². The molecule has 1 amide bonds. The van der Waals surface area contributed by atoms with Gasteiger partial charge in [0.05, 0.1) is 28.8 Å². The smallest absolute Gasteiger partial charge is 0.295 e. The van der Waals surface area contributed by atoms with Gasteiger partial charge in [0.2, 0.25) is 0 Å². The van der Waals surface area contributed by atoms with Gasteiger partial charge in [0.15, 0.2) is 5.75 Å². The normalized spacial score (nSPS) is 17.3. The van der Waals surface area contributed by atoms with Gasteiger partial charge < -0.3 is 14.7 Å². The van der Waals surface area contributed by atoms with Gasteiger partial charge in [-0.15, -0.1) is 0 Å². The number of ketones is 1. The summed E-state index contributed by atoms with van der Waals surface area (Å²) in [6.07, 6.45) is 0. The number of aliphatic hydroxyl groups excluding tert-OH is 1. The molecule has 1 saturated heterocycles. The third-order valence-electron chi connectivity index (χ3n) is 6.95. The summed E-state index contributed by atoms with van der Waals surface area (Å²) in [5.41, 5.74) is 4.96. The average Bonchev–Trinajstić information content (AvgIpc) is 3.10. The van der Waals surface area contributed by atoms with E-state index in [0.717, 1.165) is 27.8 Å². The molecule has 1 fully saturated rings. The predicted molar refractivity (Wildman–Crippen MR) is 152 cm³/mol. The minimum absolute atomic E-state index is 0.0129. The standard InChI is InChI=1S/C31H31Cl2NO4/c1-17-7-8-18(2)21(13-17)16-34-26(19-9-11-22(12-10-19)31(3,4)5)25(28(36)30(34)37)27(35)20-14-23(32)29(38-6)24(33)15-20/h7-15,26,35H,16H2,1-6H3/b27-25+. The van der Waals surface area contributed by atoms with Crippen molar-refractivity contribution in [3.8, 4) is 5.75 Å². The van der Waals surface area contributed by atoms with Gasteiger partial charge in [0.25, 0.3) is 11.7 Å².